The lowest BCUT2D eigenvalue weighted by atomic mass is 10.0. The summed E-state index contributed by atoms with van der Waals surface area (Å²) in [4.78, 5) is 26.1. The lowest BCUT2D eigenvalue weighted by Gasteiger charge is -2.12. The minimum atomic E-state index is -0.138. The second kappa shape index (κ2) is 10.8. The van der Waals surface area contributed by atoms with Crippen molar-refractivity contribution in [3.8, 4) is 11.1 Å². The number of fused-ring (bicyclic) bond motifs is 3. The maximum Gasteiger partial charge on any atom is 0.262 e. The van der Waals surface area contributed by atoms with E-state index in [0.717, 1.165) is 41.6 Å². The van der Waals surface area contributed by atoms with Crippen molar-refractivity contribution in [1.82, 2.24) is 19.2 Å². The maximum atomic E-state index is 13.2. The van der Waals surface area contributed by atoms with Crippen LogP contribution in [0.15, 0.2) is 88.8 Å². The summed E-state index contributed by atoms with van der Waals surface area (Å²) >= 11 is 1.31. The molecule has 0 spiro atoms. The first-order chi connectivity index (χ1) is 17.7. The average Bonchev–Trinajstić information content (AvgIpc) is 3.34. The van der Waals surface area contributed by atoms with Gasteiger partial charge in [0.2, 0.25) is 11.7 Å². The number of thioether (sulfide) groups is 1. The minimum Gasteiger partial charge on any atom is -0.325 e. The summed E-state index contributed by atoms with van der Waals surface area (Å²) in [5, 5.41) is 12.9. The van der Waals surface area contributed by atoms with Gasteiger partial charge in [0.1, 0.15) is 0 Å². The molecule has 5 rings (SSSR count). The highest BCUT2D eigenvalue weighted by atomic mass is 32.2. The molecule has 7 nitrogen and oxygen atoms in total. The standard InChI is InChI=1S/C28H27N5O2S/c1-2-3-11-18-32-26(35)22-15-8-10-17-24(22)33-27(32)30-31-28(33)36-19-25(34)29-23-16-9-7-14-21(23)20-12-5-4-6-13-20/h4-10,12-17H,2-3,11,18-19H2,1H3,(H,29,34). The summed E-state index contributed by atoms with van der Waals surface area (Å²) < 4.78 is 3.59. The monoisotopic (exact) mass is 497 g/mol. The van der Waals surface area contributed by atoms with Gasteiger partial charge in [0.25, 0.3) is 5.56 Å². The van der Waals surface area contributed by atoms with Crippen LogP contribution < -0.4 is 10.9 Å². The molecular formula is C28H27N5O2S. The molecular weight excluding hydrogens is 470 g/mol. The molecule has 0 unspecified atom stereocenters. The minimum absolute atomic E-state index is 0.0617. The molecule has 0 bridgehead atoms. The van der Waals surface area contributed by atoms with Crippen LogP contribution >= 0.6 is 11.8 Å². The van der Waals surface area contributed by atoms with E-state index in [1.807, 2.05) is 83.3 Å². The summed E-state index contributed by atoms with van der Waals surface area (Å²) in [7, 11) is 0. The zero-order chi connectivity index (χ0) is 24.9. The van der Waals surface area contributed by atoms with Crippen LogP contribution in [-0.4, -0.2) is 30.8 Å². The highest BCUT2D eigenvalue weighted by Gasteiger charge is 2.18. The van der Waals surface area contributed by atoms with Gasteiger partial charge >= 0.3 is 0 Å². The van der Waals surface area contributed by atoms with E-state index in [9.17, 15) is 9.59 Å². The molecule has 1 amide bonds. The van der Waals surface area contributed by atoms with Crippen molar-refractivity contribution in [2.75, 3.05) is 11.1 Å². The van der Waals surface area contributed by atoms with Gasteiger partial charge in [-0.3, -0.25) is 18.6 Å². The second-order valence-electron chi connectivity index (χ2n) is 8.55. The SMILES string of the molecule is CCCCCn1c(=O)c2ccccc2n2c(SCC(=O)Nc3ccccc3-c3ccccc3)nnc12. The molecule has 0 saturated carbocycles. The van der Waals surface area contributed by atoms with Crippen molar-refractivity contribution >= 4 is 40.0 Å². The predicted molar refractivity (Wildman–Crippen MR) is 146 cm³/mol. The van der Waals surface area contributed by atoms with E-state index in [-0.39, 0.29) is 17.2 Å². The number of benzene rings is 3. The van der Waals surface area contributed by atoms with Crippen LogP contribution in [0.4, 0.5) is 5.69 Å². The van der Waals surface area contributed by atoms with Gasteiger partial charge in [-0.15, -0.1) is 10.2 Å². The Labute approximate surface area is 213 Å². The van der Waals surface area contributed by atoms with Crippen molar-refractivity contribution in [2.24, 2.45) is 0 Å². The fourth-order valence-electron chi connectivity index (χ4n) is 4.33. The topological polar surface area (TPSA) is 81.3 Å². The van der Waals surface area contributed by atoms with E-state index in [0.29, 0.717) is 22.9 Å². The number of amides is 1. The molecule has 0 atom stereocenters. The lowest BCUT2D eigenvalue weighted by Crippen LogP contribution is -2.23. The Balaban J connectivity index is 1.41. The summed E-state index contributed by atoms with van der Waals surface area (Å²) in [6.45, 7) is 2.72. The Morgan fingerprint density at radius 1 is 0.917 bits per heavy atom. The van der Waals surface area contributed by atoms with Crippen molar-refractivity contribution in [2.45, 2.75) is 37.9 Å². The Morgan fingerprint density at radius 2 is 1.67 bits per heavy atom. The third-order valence-corrected chi connectivity index (χ3v) is 7.01. The van der Waals surface area contributed by atoms with E-state index < -0.39 is 0 Å². The van der Waals surface area contributed by atoms with Gasteiger partial charge in [0, 0.05) is 17.8 Å². The number of nitrogens with zero attached hydrogens (tertiary/aromatic N) is 4. The van der Waals surface area contributed by atoms with Crippen molar-refractivity contribution in [1.29, 1.82) is 0 Å². The number of carbonyl (C=O) groups is 1. The number of hydrogen-bond donors (Lipinski definition) is 1. The van der Waals surface area contributed by atoms with Gasteiger partial charge in [0.05, 0.1) is 16.7 Å². The quantitative estimate of drug-likeness (QED) is 0.211. The van der Waals surface area contributed by atoms with Crippen LogP contribution in [0.2, 0.25) is 0 Å². The first-order valence-corrected chi connectivity index (χ1v) is 13.1. The molecule has 8 heteroatoms. The van der Waals surface area contributed by atoms with E-state index in [4.69, 9.17) is 0 Å². The van der Waals surface area contributed by atoms with E-state index in [2.05, 4.69) is 22.4 Å². The van der Waals surface area contributed by atoms with Gasteiger partial charge in [-0.2, -0.15) is 0 Å². The first kappa shape index (κ1) is 23.8. The Bertz CT molecular complexity index is 1580. The normalized spacial score (nSPS) is 11.2. The van der Waals surface area contributed by atoms with E-state index >= 15 is 0 Å². The van der Waals surface area contributed by atoms with Crippen LogP contribution in [0.5, 0.6) is 0 Å². The second-order valence-corrected chi connectivity index (χ2v) is 9.49. The molecule has 5 aromatic rings. The zero-order valence-electron chi connectivity index (χ0n) is 20.1. The zero-order valence-corrected chi connectivity index (χ0v) is 20.9. The number of rotatable bonds is 9. The van der Waals surface area contributed by atoms with Crippen molar-refractivity contribution < 1.29 is 4.79 Å². The number of para-hydroxylation sites is 2. The van der Waals surface area contributed by atoms with Crippen LogP contribution in [0.25, 0.3) is 27.8 Å². The molecule has 0 radical (unpaired) electrons. The smallest absolute Gasteiger partial charge is 0.262 e. The van der Waals surface area contributed by atoms with Gasteiger partial charge in [-0.1, -0.05) is 92.2 Å². The van der Waals surface area contributed by atoms with Gasteiger partial charge < -0.3 is 5.32 Å². The highest BCUT2D eigenvalue weighted by molar-refractivity contribution is 7.99. The highest BCUT2D eigenvalue weighted by Crippen LogP contribution is 2.28. The largest absolute Gasteiger partial charge is 0.325 e. The van der Waals surface area contributed by atoms with Crippen LogP contribution in [-0.2, 0) is 11.3 Å². The summed E-state index contributed by atoms with van der Waals surface area (Å²) in [6, 6.07) is 25.2. The molecule has 2 aromatic heterocycles. The molecule has 36 heavy (non-hydrogen) atoms. The molecule has 0 fully saturated rings. The van der Waals surface area contributed by atoms with E-state index in [1.54, 1.807) is 4.57 Å². The number of carbonyl (C=O) groups excluding carboxylic acids is 1. The molecule has 0 saturated heterocycles. The Kier molecular flexibility index (Phi) is 7.13. The molecule has 182 valence electrons. The van der Waals surface area contributed by atoms with Gasteiger partial charge in [-0.05, 0) is 30.2 Å². The predicted octanol–water partition coefficient (Wildman–Crippen LogP) is 5.63. The fraction of sp³-hybridized carbons (Fsp3) is 0.214. The fourth-order valence-corrected chi connectivity index (χ4v) is 5.07. The summed E-state index contributed by atoms with van der Waals surface area (Å²) in [6.07, 6.45) is 2.99. The third kappa shape index (κ3) is 4.77. The number of nitrogens with one attached hydrogen (secondary N) is 1. The van der Waals surface area contributed by atoms with Crippen molar-refractivity contribution in [3.05, 3.63) is 89.2 Å². The lowest BCUT2D eigenvalue weighted by molar-refractivity contribution is -0.113. The molecule has 1 N–H and O–H groups in total. The van der Waals surface area contributed by atoms with Gasteiger partial charge in [-0.25, -0.2) is 0 Å². The third-order valence-electron chi connectivity index (χ3n) is 6.08. The number of aryl methyl sites for hydroxylation is 1. The van der Waals surface area contributed by atoms with Crippen LogP contribution in [0, 0.1) is 0 Å². The number of aromatic nitrogens is 4. The summed E-state index contributed by atoms with van der Waals surface area (Å²) in [5.74, 6) is 0.528. The molecule has 0 aliphatic carbocycles. The van der Waals surface area contributed by atoms with Crippen molar-refractivity contribution in [3.63, 3.8) is 0 Å². The van der Waals surface area contributed by atoms with Crippen LogP contribution in [0.1, 0.15) is 26.2 Å². The molecule has 0 aliphatic heterocycles. The van der Waals surface area contributed by atoms with Crippen LogP contribution in [0.3, 0.4) is 0 Å². The Morgan fingerprint density at radius 3 is 2.50 bits per heavy atom. The van der Waals surface area contributed by atoms with E-state index in [1.165, 1.54) is 11.8 Å². The number of unbranched alkanes of at least 4 members (excludes halogenated alkanes) is 2. The number of hydrogen-bond acceptors (Lipinski definition) is 5. The average molecular weight is 498 g/mol. The Hall–Kier alpha value is -3.91. The molecule has 2 heterocycles. The number of anilines is 1. The molecule has 3 aromatic carbocycles. The summed E-state index contributed by atoms with van der Waals surface area (Å²) in [5.41, 5.74) is 3.44. The first-order valence-electron chi connectivity index (χ1n) is 12.1. The molecule has 0 aliphatic rings. The maximum absolute atomic E-state index is 13.2. The van der Waals surface area contributed by atoms with Gasteiger partial charge in [0.15, 0.2) is 5.16 Å².